The van der Waals surface area contributed by atoms with E-state index < -0.39 is 32.5 Å². The Kier molecular flexibility index (Phi) is 6.87. The Hall–Kier alpha value is -3.35. The van der Waals surface area contributed by atoms with Gasteiger partial charge in [0.2, 0.25) is 21.9 Å². The van der Waals surface area contributed by atoms with Crippen LogP contribution in [-0.4, -0.2) is 50.6 Å². The minimum atomic E-state index is -3.91. The molecule has 2 N–H and O–H groups in total. The zero-order valence-electron chi connectivity index (χ0n) is 17.3. The van der Waals surface area contributed by atoms with E-state index >= 15 is 0 Å². The number of rotatable bonds is 8. The van der Waals surface area contributed by atoms with Gasteiger partial charge in [-0.25, -0.2) is 31.5 Å². The highest BCUT2D eigenvalue weighted by atomic mass is 32.2. The first-order valence-electron chi connectivity index (χ1n) is 9.31. The van der Waals surface area contributed by atoms with E-state index in [9.17, 15) is 21.6 Å². The first kappa shape index (κ1) is 23.3. The van der Waals surface area contributed by atoms with Gasteiger partial charge in [0.15, 0.2) is 0 Å². The maximum Gasteiger partial charge on any atom is 0.264 e. The Balaban J connectivity index is 1.63. The predicted octanol–water partition coefficient (Wildman–Crippen LogP) is 1.85. The molecular formula is C20H21N5O5S2. The summed E-state index contributed by atoms with van der Waals surface area (Å²) in [5.41, 5.74) is 1.23. The van der Waals surface area contributed by atoms with Gasteiger partial charge in [0.05, 0.1) is 16.3 Å². The lowest BCUT2D eigenvalue weighted by Gasteiger charge is -2.17. The van der Waals surface area contributed by atoms with Gasteiger partial charge in [0.25, 0.3) is 10.0 Å². The predicted molar refractivity (Wildman–Crippen MR) is 119 cm³/mol. The average Bonchev–Trinajstić information content (AvgIpc) is 2.74. The fourth-order valence-corrected chi connectivity index (χ4v) is 4.71. The van der Waals surface area contributed by atoms with Crippen molar-refractivity contribution in [3.8, 4) is 0 Å². The molecule has 1 aromatic heterocycles. The van der Waals surface area contributed by atoms with Crippen LogP contribution in [-0.2, 0) is 24.8 Å². The second-order valence-electron chi connectivity index (χ2n) is 6.82. The van der Waals surface area contributed by atoms with Crippen LogP contribution < -0.4 is 10.0 Å². The number of nitrogens with one attached hydrogen (secondary N) is 2. The number of sulfonamides is 2. The van der Waals surface area contributed by atoms with Crippen LogP contribution in [0.1, 0.15) is 5.56 Å². The molecule has 3 aromatic rings. The Morgan fingerprint density at radius 3 is 2.06 bits per heavy atom. The lowest BCUT2D eigenvalue weighted by molar-refractivity contribution is -0.116. The summed E-state index contributed by atoms with van der Waals surface area (Å²) in [5, 5.41) is 2.55. The van der Waals surface area contributed by atoms with Crippen molar-refractivity contribution < 1.29 is 21.6 Å². The quantitative estimate of drug-likeness (QED) is 0.507. The molecule has 0 aliphatic heterocycles. The standard InChI is InChI=1S/C20H21N5O5S2/c1-15-4-8-18(9-5-15)32(29,30)25(2)14-19(26)23-16-6-10-17(11-7-16)31(27,28)24-20-21-12-3-13-22-20/h3-13H,14H2,1-2H3,(H,23,26)(H,21,22,24). The second kappa shape index (κ2) is 9.42. The van der Waals surface area contributed by atoms with Crippen molar-refractivity contribution >= 4 is 37.6 Å². The molecule has 12 heteroatoms. The van der Waals surface area contributed by atoms with Crippen molar-refractivity contribution in [1.29, 1.82) is 0 Å². The lowest BCUT2D eigenvalue weighted by Crippen LogP contribution is -2.34. The highest BCUT2D eigenvalue weighted by Crippen LogP contribution is 2.18. The topological polar surface area (TPSA) is 138 Å². The molecule has 0 spiro atoms. The van der Waals surface area contributed by atoms with Gasteiger partial charge in [-0.1, -0.05) is 17.7 Å². The lowest BCUT2D eigenvalue weighted by atomic mass is 10.2. The van der Waals surface area contributed by atoms with E-state index in [1.807, 2.05) is 6.92 Å². The Labute approximate surface area is 186 Å². The molecule has 0 aliphatic carbocycles. The van der Waals surface area contributed by atoms with Crippen LogP contribution >= 0.6 is 0 Å². The van der Waals surface area contributed by atoms with Crippen LogP contribution in [0.2, 0.25) is 0 Å². The molecule has 0 radical (unpaired) electrons. The molecule has 0 fully saturated rings. The number of carbonyl (C=O) groups is 1. The van der Waals surface area contributed by atoms with Crippen LogP contribution in [0, 0.1) is 6.92 Å². The second-order valence-corrected chi connectivity index (χ2v) is 10.6. The molecule has 0 saturated carbocycles. The third-order valence-electron chi connectivity index (χ3n) is 4.34. The SMILES string of the molecule is Cc1ccc(S(=O)(=O)N(C)CC(=O)Nc2ccc(S(=O)(=O)Nc3ncccn3)cc2)cc1. The molecule has 1 amide bonds. The number of aromatic nitrogens is 2. The third kappa shape index (κ3) is 5.66. The molecule has 0 atom stereocenters. The molecule has 0 bridgehead atoms. The Morgan fingerprint density at radius 2 is 1.47 bits per heavy atom. The van der Waals surface area contributed by atoms with Crippen molar-refractivity contribution in [1.82, 2.24) is 14.3 Å². The number of hydrogen-bond acceptors (Lipinski definition) is 7. The molecule has 3 rings (SSSR count). The van der Waals surface area contributed by atoms with Gasteiger partial charge in [0.1, 0.15) is 0 Å². The first-order chi connectivity index (χ1) is 15.1. The number of carbonyl (C=O) groups excluding carboxylic acids is 1. The van der Waals surface area contributed by atoms with Gasteiger partial charge in [-0.05, 0) is 49.4 Å². The minimum Gasteiger partial charge on any atom is -0.325 e. The molecule has 0 saturated heterocycles. The van der Waals surface area contributed by atoms with Crippen molar-refractivity contribution in [3.63, 3.8) is 0 Å². The summed E-state index contributed by atoms with van der Waals surface area (Å²) in [5.74, 6) is -0.641. The third-order valence-corrected chi connectivity index (χ3v) is 7.50. The van der Waals surface area contributed by atoms with E-state index in [0.29, 0.717) is 5.69 Å². The number of benzene rings is 2. The van der Waals surface area contributed by atoms with E-state index in [-0.39, 0.29) is 15.7 Å². The molecule has 2 aromatic carbocycles. The van der Waals surface area contributed by atoms with Gasteiger partial charge < -0.3 is 5.32 Å². The number of nitrogens with zero attached hydrogens (tertiary/aromatic N) is 3. The summed E-state index contributed by atoms with van der Waals surface area (Å²) < 4.78 is 53.2. The number of likely N-dealkylation sites (N-methyl/N-ethyl adjacent to an activating group) is 1. The molecule has 32 heavy (non-hydrogen) atoms. The largest absolute Gasteiger partial charge is 0.325 e. The Morgan fingerprint density at radius 1 is 0.906 bits per heavy atom. The summed E-state index contributed by atoms with van der Waals surface area (Å²) in [7, 11) is -6.42. The zero-order chi connectivity index (χ0) is 23.4. The fourth-order valence-electron chi connectivity index (χ4n) is 2.63. The molecule has 1 heterocycles. The fraction of sp³-hybridized carbons (Fsp3) is 0.150. The molecule has 10 nitrogen and oxygen atoms in total. The first-order valence-corrected chi connectivity index (χ1v) is 12.2. The zero-order valence-corrected chi connectivity index (χ0v) is 18.9. The Bertz CT molecular complexity index is 1290. The summed E-state index contributed by atoms with van der Waals surface area (Å²) >= 11 is 0. The van der Waals surface area contributed by atoms with Crippen LogP contribution in [0.4, 0.5) is 11.6 Å². The van der Waals surface area contributed by atoms with E-state index in [2.05, 4.69) is 20.0 Å². The number of hydrogen-bond donors (Lipinski definition) is 2. The molecule has 168 valence electrons. The summed E-state index contributed by atoms with van der Waals surface area (Å²) in [6, 6.07) is 13.3. The normalized spacial score (nSPS) is 11.8. The summed E-state index contributed by atoms with van der Waals surface area (Å²) in [4.78, 5) is 20.0. The van der Waals surface area contributed by atoms with Crippen LogP contribution in [0.5, 0.6) is 0 Å². The van der Waals surface area contributed by atoms with E-state index in [1.165, 1.54) is 55.8 Å². The maximum atomic E-state index is 12.6. The summed E-state index contributed by atoms with van der Waals surface area (Å²) in [6.07, 6.45) is 2.80. The van der Waals surface area contributed by atoms with Crippen LogP contribution in [0.25, 0.3) is 0 Å². The van der Waals surface area contributed by atoms with Crippen molar-refractivity contribution in [2.45, 2.75) is 16.7 Å². The number of anilines is 2. The molecular weight excluding hydrogens is 454 g/mol. The number of amides is 1. The number of aryl methyl sites for hydroxylation is 1. The molecule has 0 unspecified atom stereocenters. The van der Waals surface area contributed by atoms with Gasteiger partial charge in [0, 0.05) is 25.1 Å². The monoisotopic (exact) mass is 475 g/mol. The van der Waals surface area contributed by atoms with E-state index in [1.54, 1.807) is 18.2 Å². The highest BCUT2D eigenvalue weighted by Gasteiger charge is 2.23. The van der Waals surface area contributed by atoms with E-state index in [0.717, 1.165) is 9.87 Å². The smallest absolute Gasteiger partial charge is 0.264 e. The van der Waals surface area contributed by atoms with Crippen LogP contribution in [0.3, 0.4) is 0 Å². The van der Waals surface area contributed by atoms with E-state index in [4.69, 9.17) is 0 Å². The highest BCUT2D eigenvalue weighted by molar-refractivity contribution is 7.92. The van der Waals surface area contributed by atoms with Gasteiger partial charge in [-0.2, -0.15) is 4.31 Å². The van der Waals surface area contributed by atoms with Crippen molar-refractivity contribution in [3.05, 3.63) is 72.6 Å². The maximum absolute atomic E-state index is 12.6. The summed E-state index contributed by atoms with van der Waals surface area (Å²) in [6.45, 7) is 1.43. The van der Waals surface area contributed by atoms with Crippen molar-refractivity contribution in [2.75, 3.05) is 23.6 Å². The van der Waals surface area contributed by atoms with Gasteiger partial charge in [-0.15, -0.1) is 0 Å². The average molecular weight is 476 g/mol. The molecule has 0 aliphatic rings. The van der Waals surface area contributed by atoms with Crippen molar-refractivity contribution in [2.24, 2.45) is 0 Å². The van der Waals surface area contributed by atoms with Crippen LogP contribution in [0.15, 0.2) is 76.8 Å². The van der Waals surface area contributed by atoms with Gasteiger partial charge >= 0.3 is 0 Å². The van der Waals surface area contributed by atoms with Gasteiger partial charge in [-0.3, -0.25) is 4.79 Å². The minimum absolute atomic E-state index is 0.0537.